The Labute approximate surface area is 132 Å². The van der Waals surface area contributed by atoms with Gasteiger partial charge in [0.2, 0.25) is 0 Å². The normalized spacial score (nSPS) is 11.5. The summed E-state index contributed by atoms with van der Waals surface area (Å²) in [5.41, 5.74) is 0.872. The fourth-order valence-corrected chi connectivity index (χ4v) is 2.71. The van der Waals surface area contributed by atoms with Crippen molar-refractivity contribution in [3.63, 3.8) is 0 Å². The molecule has 0 aromatic carbocycles. The predicted molar refractivity (Wildman–Crippen MR) is 83.4 cm³/mol. The largest absolute Gasteiger partial charge is 0.478 e. The van der Waals surface area contributed by atoms with E-state index in [1.54, 1.807) is 0 Å². The second-order valence-electron chi connectivity index (χ2n) is 6.17. The van der Waals surface area contributed by atoms with Crippen molar-refractivity contribution < 1.29 is 14.7 Å². The lowest BCUT2D eigenvalue weighted by atomic mass is 9.91. The number of carboxylic acid groups (broad SMARTS) is 1. The number of hydrogen-bond acceptors (Lipinski definition) is 5. The molecule has 2 rings (SSSR count). The molecule has 0 radical (unpaired) electrons. The molecule has 0 spiro atoms. The van der Waals surface area contributed by atoms with E-state index in [9.17, 15) is 9.59 Å². The molecule has 8 heteroatoms. The molecule has 7 nitrogen and oxygen atoms in total. The average Bonchev–Trinajstić information content (AvgIpc) is 2.93. The Morgan fingerprint density at radius 3 is 2.68 bits per heavy atom. The molecule has 0 saturated carbocycles. The van der Waals surface area contributed by atoms with E-state index in [0.717, 1.165) is 18.3 Å². The van der Waals surface area contributed by atoms with E-state index in [2.05, 4.69) is 36.2 Å². The van der Waals surface area contributed by atoms with Crippen LogP contribution >= 0.6 is 11.3 Å². The first-order valence-corrected chi connectivity index (χ1v) is 7.56. The zero-order chi connectivity index (χ0) is 16.5. The highest BCUT2D eigenvalue weighted by atomic mass is 32.1. The third kappa shape index (κ3) is 3.70. The highest BCUT2D eigenvalue weighted by molar-refractivity contribution is 7.14. The minimum atomic E-state index is -1.19. The molecule has 0 atom stereocenters. The van der Waals surface area contributed by atoms with Gasteiger partial charge in [-0.05, 0) is 11.8 Å². The Kier molecular flexibility index (Phi) is 4.32. The number of aromatic carboxylic acids is 1. The third-order valence-corrected chi connectivity index (χ3v) is 3.67. The summed E-state index contributed by atoms with van der Waals surface area (Å²) in [5.74, 6) is -1.72. The number of anilines is 1. The van der Waals surface area contributed by atoms with Crippen molar-refractivity contribution in [2.75, 3.05) is 5.32 Å². The third-order valence-electron chi connectivity index (χ3n) is 2.87. The first kappa shape index (κ1) is 16.2. The van der Waals surface area contributed by atoms with Crippen LogP contribution < -0.4 is 5.32 Å². The zero-order valence-electron chi connectivity index (χ0n) is 12.9. The zero-order valence-corrected chi connectivity index (χ0v) is 13.7. The Morgan fingerprint density at radius 1 is 1.41 bits per heavy atom. The van der Waals surface area contributed by atoms with Crippen molar-refractivity contribution in [3.8, 4) is 0 Å². The first-order chi connectivity index (χ1) is 10.2. The van der Waals surface area contributed by atoms with Gasteiger partial charge in [-0.15, -0.1) is 11.3 Å². The van der Waals surface area contributed by atoms with Crippen molar-refractivity contribution in [2.24, 2.45) is 12.5 Å². The molecule has 0 aliphatic heterocycles. The maximum atomic E-state index is 12.2. The smallest absolute Gasteiger partial charge is 0.339 e. The lowest BCUT2D eigenvalue weighted by Crippen LogP contribution is -2.19. The molecule has 2 heterocycles. The Hall–Kier alpha value is -2.22. The number of hydrogen-bond donors (Lipinski definition) is 2. The number of nitrogens with one attached hydrogen (secondary N) is 1. The SMILES string of the molecule is Cn1ncc(C(=O)O)c1C(=O)Nc1nc(CC(C)(C)C)cs1. The summed E-state index contributed by atoms with van der Waals surface area (Å²) in [6.07, 6.45) is 1.95. The Bertz CT molecular complexity index is 712. The van der Waals surface area contributed by atoms with Crippen LogP contribution in [0.15, 0.2) is 11.6 Å². The van der Waals surface area contributed by atoms with Crippen molar-refractivity contribution >= 4 is 28.3 Å². The number of rotatable bonds is 4. The van der Waals surface area contributed by atoms with Gasteiger partial charge in [0.05, 0.1) is 11.9 Å². The first-order valence-electron chi connectivity index (χ1n) is 6.68. The number of carboxylic acids is 1. The van der Waals surface area contributed by atoms with Gasteiger partial charge in [-0.3, -0.25) is 14.8 Å². The summed E-state index contributed by atoms with van der Waals surface area (Å²) in [4.78, 5) is 27.7. The average molecular weight is 322 g/mol. The molecule has 1 amide bonds. The van der Waals surface area contributed by atoms with Gasteiger partial charge in [0.1, 0.15) is 11.3 Å². The number of carbonyl (C=O) groups is 2. The number of aryl methyl sites for hydroxylation is 1. The van der Waals surface area contributed by atoms with Crippen LogP contribution in [-0.4, -0.2) is 31.7 Å². The predicted octanol–water partition coefficient (Wildman–Crippen LogP) is 2.42. The van der Waals surface area contributed by atoms with E-state index < -0.39 is 11.9 Å². The molecule has 0 saturated heterocycles. The Balaban J connectivity index is 2.16. The van der Waals surface area contributed by atoms with E-state index in [4.69, 9.17) is 5.11 Å². The highest BCUT2D eigenvalue weighted by Crippen LogP contribution is 2.24. The van der Waals surface area contributed by atoms with Crippen molar-refractivity contribution in [3.05, 3.63) is 28.5 Å². The number of nitrogens with zero attached hydrogens (tertiary/aromatic N) is 3. The number of thiazole rings is 1. The summed E-state index contributed by atoms with van der Waals surface area (Å²) in [6.45, 7) is 6.33. The van der Waals surface area contributed by atoms with E-state index in [1.165, 1.54) is 23.1 Å². The molecule has 0 bridgehead atoms. The van der Waals surface area contributed by atoms with Crippen molar-refractivity contribution in [1.82, 2.24) is 14.8 Å². The molecule has 2 aromatic rings. The van der Waals surface area contributed by atoms with Crippen LogP contribution in [-0.2, 0) is 13.5 Å². The maximum absolute atomic E-state index is 12.2. The van der Waals surface area contributed by atoms with Gasteiger partial charge in [-0.2, -0.15) is 5.10 Å². The van der Waals surface area contributed by atoms with Gasteiger partial charge < -0.3 is 5.11 Å². The number of amides is 1. The van der Waals surface area contributed by atoms with Crippen LogP contribution in [0.3, 0.4) is 0 Å². The summed E-state index contributed by atoms with van der Waals surface area (Å²) in [5, 5.41) is 17.9. The van der Waals surface area contributed by atoms with Crippen molar-refractivity contribution in [2.45, 2.75) is 27.2 Å². The maximum Gasteiger partial charge on any atom is 0.339 e. The summed E-state index contributed by atoms with van der Waals surface area (Å²) in [6, 6.07) is 0. The highest BCUT2D eigenvalue weighted by Gasteiger charge is 2.22. The molecular weight excluding hydrogens is 304 g/mol. The molecule has 22 heavy (non-hydrogen) atoms. The quantitative estimate of drug-likeness (QED) is 0.901. The van der Waals surface area contributed by atoms with E-state index in [0.29, 0.717) is 5.13 Å². The van der Waals surface area contributed by atoms with Crippen LogP contribution in [0.4, 0.5) is 5.13 Å². The van der Waals surface area contributed by atoms with Gasteiger partial charge in [0, 0.05) is 12.4 Å². The number of carbonyl (C=O) groups excluding carboxylic acids is 1. The monoisotopic (exact) mass is 322 g/mol. The molecule has 2 aromatic heterocycles. The molecule has 0 fully saturated rings. The van der Waals surface area contributed by atoms with Gasteiger partial charge in [0.15, 0.2) is 5.13 Å². The van der Waals surface area contributed by atoms with Crippen LogP contribution in [0.2, 0.25) is 0 Å². The molecule has 0 aliphatic carbocycles. The summed E-state index contributed by atoms with van der Waals surface area (Å²) in [7, 11) is 1.52. The minimum absolute atomic E-state index is 0.0000661. The van der Waals surface area contributed by atoms with Crippen LogP contribution in [0, 0.1) is 5.41 Å². The van der Waals surface area contributed by atoms with Crippen LogP contribution in [0.1, 0.15) is 47.3 Å². The van der Waals surface area contributed by atoms with Crippen LogP contribution in [0.25, 0.3) is 0 Å². The lowest BCUT2D eigenvalue weighted by molar-refractivity contribution is 0.0692. The fraction of sp³-hybridized carbons (Fsp3) is 0.429. The topological polar surface area (TPSA) is 97.1 Å². The van der Waals surface area contributed by atoms with Crippen LogP contribution in [0.5, 0.6) is 0 Å². The number of aromatic nitrogens is 3. The standard InChI is InChI=1S/C14H18N4O3S/c1-14(2,3)5-8-7-22-13(16-8)17-11(19)10-9(12(20)21)6-15-18(10)4/h6-7H,5H2,1-4H3,(H,20,21)(H,16,17,19). The molecule has 118 valence electrons. The Morgan fingerprint density at radius 2 is 2.09 bits per heavy atom. The molecule has 0 aliphatic rings. The lowest BCUT2D eigenvalue weighted by Gasteiger charge is -2.15. The van der Waals surface area contributed by atoms with E-state index in [-0.39, 0.29) is 16.7 Å². The van der Waals surface area contributed by atoms with E-state index >= 15 is 0 Å². The molecular formula is C14H18N4O3S. The van der Waals surface area contributed by atoms with Gasteiger partial charge in [0.25, 0.3) is 5.91 Å². The second kappa shape index (κ2) is 5.88. The van der Waals surface area contributed by atoms with Gasteiger partial charge >= 0.3 is 5.97 Å². The second-order valence-corrected chi connectivity index (χ2v) is 7.03. The fourth-order valence-electron chi connectivity index (χ4n) is 2.01. The van der Waals surface area contributed by atoms with Crippen molar-refractivity contribution in [1.29, 1.82) is 0 Å². The van der Waals surface area contributed by atoms with Gasteiger partial charge in [-0.25, -0.2) is 9.78 Å². The van der Waals surface area contributed by atoms with Gasteiger partial charge in [-0.1, -0.05) is 20.8 Å². The van der Waals surface area contributed by atoms with E-state index in [1.807, 2.05) is 5.38 Å². The molecule has 2 N–H and O–H groups in total. The molecule has 0 unspecified atom stereocenters. The minimum Gasteiger partial charge on any atom is -0.478 e. The summed E-state index contributed by atoms with van der Waals surface area (Å²) >= 11 is 1.32. The summed E-state index contributed by atoms with van der Waals surface area (Å²) < 4.78 is 1.24.